The van der Waals surface area contributed by atoms with Gasteiger partial charge >= 0.3 is 12.1 Å². The molecule has 10 nitrogen and oxygen atoms in total. The molecule has 10 heteroatoms. The Hall–Kier alpha value is -3.82. The molecule has 0 saturated heterocycles. The summed E-state index contributed by atoms with van der Waals surface area (Å²) in [7, 11) is 6.42. The molecule has 1 fully saturated rings. The SMILES string of the molecule is COc1ccc(CCNC(=O)NC[C@]2(C)C[C@H](NC(=O)NCCc3ccc(OC)c(OC)c3)CC(C)(C)C2)cc1OC. The van der Waals surface area contributed by atoms with Gasteiger partial charge in [-0.05, 0) is 78.3 Å². The third-order valence-corrected chi connectivity index (χ3v) is 7.75. The zero-order chi connectivity index (χ0) is 30.8. The van der Waals surface area contributed by atoms with Crippen LogP contribution in [0.4, 0.5) is 9.59 Å². The van der Waals surface area contributed by atoms with Crippen molar-refractivity contribution in [3.05, 3.63) is 47.5 Å². The first kappa shape index (κ1) is 32.7. The largest absolute Gasteiger partial charge is 0.493 e. The quantitative estimate of drug-likeness (QED) is 0.271. The molecule has 1 saturated carbocycles. The predicted octanol–water partition coefficient (Wildman–Crippen LogP) is 4.69. The highest BCUT2D eigenvalue weighted by atomic mass is 16.5. The zero-order valence-corrected chi connectivity index (χ0v) is 26.1. The van der Waals surface area contributed by atoms with Gasteiger partial charge in [0.1, 0.15) is 0 Å². The van der Waals surface area contributed by atoms with Crippen LogP contribution in [0.3, 0.4) is 0 Å². The topological polar surface area (TPSA) is 119 Å². The number of amides is 4. The fraction of sp³-hybridized carbons (Fsp3) is 0.562. The average molecular weight is 585 g/mol. The molecule has 0 unspecified atom stereocenters. The molecule has 232 valence electrons. The molecule has 0 bridgehead atoms. The van der Waals surface area contributed by atoms with Gasteiger partial charge in [-0.25, -0.2) is 9.59 Å². The van der Waals surface area contributed by atoms with E-state index in [1.54, 1.807) is 28.4 Å². The van der Waals surface area contributed by atoms with Crippen molar-refractivity contribution < 1.29 is 28.5 Å². The van der Waals surface area contributed by atoms with Gasteiger partial charge in [0, 0.05) is 25.7 Å². The molecule has 2 aromatic rings. The van der Waals surface area contributed by atoms with Gasteiger partial charge in [-0.15, -0.1) is 0 Å². The van der Waals surface area contributed by atoms with E-state index in [1.165, 1.54) is 0 Å². The molecule has 0 heterocycles. The first-order chi connectivity index (χ1) is 20.0. The van der Waals surface area contributed by atoms with Crippen LogP contribution in [0.1, 0.15) is 51.2 Å². The molecule has 2 aromatic carbocycles. The smallest absolute Gasteiger partial charge is 0.315 e. The minimum Gasteiger partial charge on any atom is -0.493 e. The standard InChI is InChI=1S/C32H48N4O6/c1-31(2)18-24(36-30(38)34-15-13-23-9-11-26(40-5)28(17-23)42-7)19-32(3,20-31)21-35-29(37)33-14-12-22-8-10-25(39-4)27(16-22)41-6/h8-11,16-17,24H,12-15,18-21H2,1-7H3,(H2,33,35,37)(H2,34,36,38)/t24-,32-/m1/s1. The highest BCUT2D eigenvalue weighted by molar-refractivity contribution is 5.74. The fourth-order valence-corrected chi connectivity index (χ4v) is 6.18. The Morgan fingerprint density at radius 2 is 1.21 bits per heavy atom. The third-order valence-electron chi connectivity index (χ3n) is 7.75. The summed E-state index contributed by atoms with van der Waals surface area (Å²) < 4.78 is 21.3. The van der Waals surface area contributed by atoms with Crippen molar-refractivity contribution in [1.82, 2.24) is 21.3 Å². The first-order valence-corrected chi connectivity index (χ1v) is 14.5. The molecule has 0 aliphatic heterocycles. The Morgan fingerprint density at radius 3 is 1.71 bits per heavy atom. The van der Waals surface area contributed by atoms with Crippen LogP contribution in [0.5, 0.6) is 23.0 Å². The number of rotatable bonds is 13. The van der Waals surface area contributed by atoms with Crippen molar-refractivity contribution in [3.8, 4) is 23.0 Å². The molecule has 4 N–H and O–H groups in total. The molecule has 2 atom stereocenters. The van der Waals surface area contributed by atoms with E-state index in [1.807, 2.05) is 36.4 Å². The first-order valence-electron chi connectivity index (χ1n) is 14.5. The normalized spacial score (nSPS) is 19.3. The monoisotopic (exact) mass is 584 g/mol. The number of nitrogens with one attached hydrogen (secondary N) is 4. The van der Waals surface area contributed by atoms with Crippen LogP contribution >= 0.6 is 0 Å². The molecular weight excluding hydrogens is 536 g/mol. The van der Waals surface area contributed by atoms with E-state index in [2.05, 4.69) is 42.0 Å². The Morgan fingerprint density at radius 1 is 0.714 bits per heavy atom. The van der Waals surface area contributed by atoms with Crippen molar-refractivity contribution in [2.24, 2.45) is 10.8 Å². The van der Waals surface area contributed by atoms with Gasteiger partial charge in [0.15, 0.2) is 23.0 Å². The maximum Gasteiger partial charge on any atom is 0.315 e. The lowest BCUT2D eigenvalue weighted by molar-refractivity contribution is 0.0749. The lowest BCUT2D eigenvalue weighted by atomic mass is 9.62. The number of benzene rings is 2. The van der Waals surface area contributed by atoms with E-state index in [0.29, 0.717) is 55.5 Å². The van der Waals surface area contributed by atoms with Crippen molar-refractivity contribution in [1.29, 1.82) is 0 Å². The second kappa shape index (κ2) is 14.9. The molecule has 42 heavy (non-hydrogen) atoms. The number of urea groups is 2. The number of methoxy groups -OCH3 is 4. The summed E-state index contributed by atoms with van der Waals surface area (Å²) in [6, 6.07) is 11.1. The minimum absolute atomic E-state index is 0.00902. The lowest BCUT2D eigenvalue weighted by Gasteiger charge is -2.46. The Kier molecular flexibility index (Phi) is 11.6. The highest BCUT2D eigenvalue weighted by Gasteiger charge is 2.41. The number of carbonyl (C=O) groups excluding carboxylic acids is 2. The summed E-state index contributed by atoms with van der Waals surface area (Å²) in [6.45, 7) is 8.14. The van der Waals surface area contributed by atoms with Gasteiger partial charge in [0.2, 0.25) is 0 Å². The van der Waals surface area contributed by atoms with E-state index in [-0.39, 0.29) is 28.9 Å². The van der Waals surface area contributed by atoms with Gasteiger partial charge < -0.3 is 40.2 Å². The van der Waals surface area contributed by atoms with Crippen LogP contribution in [0.2, 0.25) is 0 Å². The summed E-state index contributed by atoms with van der Waals surface area (Å²) in [4.78, 5) is 25.4. The lowest BCUT2D eigenvalue weighted by Crippen LogP contribution is -2.53. The number of ether oxygens (including phenoxy) is 4. The maximum atomic E-state index is 12.8. The molecule has 0 spiro atoms. The number of hydrogen-bond acceptors (Lipinski definition) is 6. The summed E-state index contributed by atoms with van der Waals surface area (Å²) in [5.74, 6) is 2.69. The van der Waals surface area contributed by atoms with Gasteiger partial charge in [-0.1, -0.05) is 32.9 Å². The van der Waals surface area contributed by atoms with Gasteiger partial charge in [-0.3, -0.25) is 0 Å². The number of hydrogen-bond donors (Lipinski definition) is 4. The molecule has 4 amide bonds. The van der Waals surface area contributed by atoms with Gasteiger partial charge in [0.05, 0.1) is 28.4 Å². The van der Waals surface area contributed by atoms with Crippen LogP contribution in [0.25, 0.3) is 0 Å². The summed E-state index contributed by atoms with van der Waals surface area (Å²) in [5, 5.41) is 12.2. The summed E-state index contributed by atoms with van der Waals surface area (Å²) in [6.07, 6.45) is 3.96. The molecule has 0 aromatic heterocycles. The van der Waals surface area contributed by atoms with Crippen LogP contribution < -0.4 is 40.2 Å². The van der Waals surface area contributed by atoms with Crippen LogP contribution in [-0.2, 0) is 12.8 Å². The summed E-state index contributed by atoms with van der Waals surface area (Å²) in [5.41, 5.74) is 1.97. The van der Waals surface area contributed by atoms with Crippen molar-refractivity contribution in [2.75, 3.05) is 48.1 Å². The van der Waals surface area contributed by atoms with E-state index in [0.717, 1.165) is 30.4 Å². The van der Waals surface area contributed by atoms with Gasteiger partial charge in [-0.2, -0.15) is 0 Å². The fourth-order valence-electron chi connectivity index (χ4n) is 6.18. The van der Waals surface area contributed by atoms with Crippen molar-refractivity contribution in [3.63, 3.8) is 0 Å². The highest BCUT2D eigenvalue weighted by Crippen LogP contribution is 2.45. The van der Waals surface area contributed by atoms with E-state index in [9.17, 15) is 9.59 Å². The van der Waals surface area contributed by atoms with Crippen molar-refractivity contribution in [2.45, 2.75) is 58.9 Å². The third kappa shape index (κ3) is 9.63. The van der Waals surface area contributed by atoms with Crippen molar-refractivity contribution >= 4 is 12.1 Å². The number of carbonyl (C=O) groups is 2. The summed E-state index contributed by atoms with van der Waals surface area (Å²) >= 11 is 0. The predicted molar refractivity (Wildman–Crippen MR) is 164 cm³/mol. The molecule has 0 radical (unpaired) electrons. The second-order valence-electron chi connectivity index (χ2n) is 12.1. The molecule has 3 rings (SSSR count). The molecule has 1 aliphatic carbocycles. The van der Waals surface area contributed by atoms with E-state index in [4.69, 9.17) is 18.9 Å². The van der Waals surface area contributed by atoms with Crippen LogP contribution in [0.15, 0.2) is 36.4 Å². The molecular formula is C32H48N4O6. The van der Waals surface area contributed by atoms with E-state index < -0.39 is 0 Å². The van der Waals surface area contributed by atoms with Crippen LogP contribution in [-0.4, -0.2) is 66.2 Å². The minimum atomic E-state index is -0.197. The average Bonchev–Trinajstić information content (AvgIpc) is 2.94. The Balaban J connectivity index is 1.44. The van der Waals surface area contributed by atoms with Gasteiger partial charge in [0.25, 0.3) is 0 Å². The second-order valence-corrected chi connectivity index (χ2v) is 12.1. The van der Waals surface area contributed by atoms with Crippen LogP contribution in [0, 0.1) is 10.8 Å². The maximum absolute atomic E-state index is 12.8. The Labute approximate surface area is 250 Å². The van der Waals surface area contributed by atoms with E-state index >= 15 is 0 Å². The zero-order valence-electron chi connectivity index (χ0n) is 26.1. The molecule has 1 aliphatic rings. The Bertz CT molecular complexity index is 1200.